The van der Waals surface area contributed by atoms with Gasteiger partial charge in [-0.3, -0.25) is 9.36 Å². The number of alkyl halides is 3. The van der Waals surface area contributed by atoms with Gasteiger partial charge in [-0.1, -0.05) is 6.07 Å². The van der Waals surface area contributed by atoms with Gasteiger partial charge in [-0.2, -0.15) is 13.2 Å². The zero-order chi connectivity index (χ0) is 16.9. The van der Waals surface area contributed by atoms with Crippen LogP contribution in [0.4, 0.5) is 13.2 Å². The molecule has 122 valence electrons. The number of aromatic nitrogens is 2. The van der Waals surface area contributed by atoms with Crippen LogP contribution >= 0.6 is 11.3 Å². The van der Waals surface area contributed by atoms with Crippen molar-refractivity contribution < 1.29 is 13.2 Å². The van der Waals surface area contributed by atoms with Crippen LogP contribution < -0.4 is 5.56 Å². The average molecular weight is 348 g/mol. The molecule has 0 saturated carbocycles. The van der Waals surface area contributed by atoms with Crippen LogP contribution in [0.3, 0.4) is 0 Å². The summed E-state index contributed by atoms with van der Waals surface area (Å²) in [6.07, 6.45) is -1.88. The van der Waals surface area contributed by atoms with E-state index in [1.807, 2.05) is 23.6 Å². The van der Waals surface area contributed by atoms with Gasteiger partial charge >= 0.3 is 6.18 Å². The Kier molecular flexibility index (Phi) is 3.35. The van der Waals surface area contributed by atoms with Gasteiger partial charge in [0, 0.05) is 11.4 Å². The quantitative estimate of drug-likeness (QED) is 0.652. The van der Waals surface area contributed by atoms with Gasteiger partial charge in [0.25, 0.3) is 5.56 Å². The zero-order valence-electron chi connectivity index (χ0n) is 12.3. The van der Waals surface area contributed by atoms with Crippen molar-refractivity contribution in [3.8, 4) is 0 Å². The molecule has 0 amide bonds. The second-order valence-electron chi connectivity index (χ2n) is 5.56. The fraction of sp³-hybridized carbons (Fsp3) is 0.176. The second-order valence-corrected chi connectivity index (χ2v) is 6.54. The molecule has 0 bridgehead atoms. The molecule has 3 nitrogen and oxygen atoms in total. The highest BCUT2D eigenvalue weighted by Gasteiger charge is 2.31. The number of halogens is 3. The standard InChI is InChI=1S/C17H11F3N2OS/c18-17(19,20)11-3-4-13-14(9-11)21-15-10(5-6-22(15)16(13)23)8-12-2-1-7-24-12/h1-4,7-9H,5-6H2/b10-8+. The Bertz CT molecular complexity index is 1020. The average Bonchev–Trinajstić information content (AvgIpc) is 3.17. The molecule has 0 atom stereocenters. The maximum absolute atomic E-state index is 12.9. The molecular formula is C17H11F3N2OS. The number of fused-ring (bicyclic) bond motifs is 2. The van der Waals surface area contributed by atoms with E-state index in [0.717, 1.165) is 22.6 Å². The van der Waals surface area contributed by atoms with Gasteiger partial charge in [-0.15, -0.1) is 11.3 Å². The van der Waals surface area contributed by atoms with E-state index in [2.05, 4.69) is 4.98 Å². The molecule has 3 heterocycles. The molecular weight excluding hydrogens is 337 g/mol. The van der Waals surface area contributed by atoms with Gasteiger partial charge in [0.05, 0.1) is 16.5 Å². The third-order valence-electron chi connectivity index (χ3n) is 4.03. The van der Waals surface area contributed by atoms with Crippen LogP contribution in [0.1, 0.15) is 22.7 Å². The molecule has 24 heavy (non-hydrogen) atoms. The first-order valence-electron chi connectivity index (χ1n) is 7.30. The molecule has 1 aromatic carbocycles. The van der Waals surface area contributed by atoms with Gasteiger partial charge in [0.15, 0.2) is 0 Å². The van der Waals surface area contributed by atoms with E-state index in [0.29, 0.717) is 18.8 Å². The summed E-state index contributed by atoms with van der Waals surface area (Å²) in [7, 11) is 0. The van der Waals surface area contributed by atoms with Crippen molar-refractivity contribution in [2.75, 3.05) is 0 Å². The van der Waals surface area contributed by atoms with Gasteiger partial charge in [-0.05, 0) is 47.7 Å². The first kappa shape index (κ1) is 15.1. The highest BCUT2D eigenvalue weighted by atomic mass is 32.1. The number of benzene rings is 1. The van der Waals surface area contributed by atoms with Crippen molar-refractivity contribution in [1.29, 1.82) is 0 Å². The SMILES string of the molecule is O=c1c2ccc(C(F)(F)F)cc2nc2n1CC/C2=C\c1cccs1. The third kappa shape index (κ3) is 2.45. The van der Waals surface area contributed by atoms with Gasteiger partial charge in [0.2, 0.25) is 0 Å². The number of rotatable bonds is 1. The number of hydrogen-bond donors (Lipinski definition) is 0. The molecule has 0 radical (unpaired) electrons. The lowest BCUT2D eigenvalue weighted by Crippen LogP contribution is -2.21. The first-order valence-corrected chi connectivity index (χ1v) is 8.18. The predicted molar refractivity (Wildman–Crippen MR) is 87.8 cm³/mol. The molecule has 2 aromatic heterocycles. The van der Waals surface area contributed by atoms with Crippen LogP contribution in [0, 0.1) is 0 Å². The van der Waals surface area contributed by atoms with Crippen molar-refractivity contribution in [2.24, 2.45) is 0 Å². The largest absolute Gasteiger partial charge is 0.416 e. The fourth-order valence-electron chi connectivity index (χ4n) is 2.88. The van der Waals surface area contributed by atoms with E-state index in [-0.39, 0.29) is 16.5 Å². The Morgan fingerprint density at radius 3 is 2.79 bits per heavy atom. The molecule has 0 spiro atoms. The third-order valence-corrected chi connectivity index (χ3v) is 4.85. The Labute approximate surface area is 138 Å². The van der Waals surface area contributed by atoms with E-state index < -0.39 is 11.7 Å². The van der Waals surface area contributed by atoms with Crippen molar-refractivity contribution in [3.63, 3.8) is 0 Å². The van der Waals surface area contributed by atoms with Crippen LogP contribution in [-0.2, 0) is 12.7 Å². The minimum absolute atomic E-state index is 0.0834. The summed E-state index contributed by atoms with van der Waals surface area (Å²) in [5.41, 5.74) is -0.138. The lowest BCUT2D eigenvalue weighted by Gasteiger charge is -2.09. The second kappa shape index (κ2) is 5.31. The van der Waals surface area contributed by atoms with Crippen LogP contribution in [0.15, 0.2) is 40.5 Å². The number of nitrogens with zero attached hydrogens (tertiary/aromatic N) is 2. The smallest absolute Gasteiger partial charge is 0.292 e. The molecule has 7 heteroatoms. The Balaban J connectivity index is 1.92. The summed E-state index contributed by atoms with van der Waals surface area (Å²) >= 11 is 1.56. The monoisotopic (exact) mass is 348 g/mol. The van der Waals surface area contributed by atoms with E-state index in [1.54, 1.807) is 11.3 Å². The highest BCUT2D eigenvalue weighted by molar-refractivity contribution is 7.10. The normalized spacial score (nSPS) is 16.0. The molecule has 4 rings (SSSR count). The predicted octanol–water partition coefficient (Wildman–Crippen LogP) is 4.42. The van der Waals surface area contributed by atoms with Crippen LogP contribution in [0.5, 0.6) is 0 Å². The lowest BCUT2D eigenvalue weighted by molar-refractivity contribution is -0.137. The summed E-state index contributed by atoms with van der Waals surface area (Å²) in [5, 5.41) is 2.15. The first-order chi connectivity index (χ1) is 11.4. The van der Waals surface area contributed by atoms with E-state index in [1.165, 1.54) is 10.6 Å². The molecule has 0 unspecified atom stereocenters. The van der Waals surface area contributed by atoms with Crippen molar-refractivity contribution >= 4 is 33.9 Å². The van der Waals surface area contributed by atoms with E-state index >= 15 is 0 Å². The number of thiophene rings is 1. The van der Waals surface area contributed by atoms with Crippen molar-refractivity contribution in [3.05, 3.63) is 62.3 Å². The van der Waals surface area contributed by atoms with Gasteiger partial charge < -0.3 is 0 Å². The summed E-state index contributed by atoms with van der Waals surface area (Å²) in [6.45, 7) is 0.495. The number of allylic oxidation sites excluding steroid dienone is 1. The molecule has 0 fully saturated rings. The van der Waals surface area contributed by atoms with Crippen LogP contribution in [0.25, 0.3) is 22.6 Å². The van der Waals surface area contributed by atoms with Crippen molar-refractivity contribution in [2.45, 2.75) is 19.1 Å². The Morgan fingerprint density at radius 2 is 2.08 bits per heavy atom. The fourth-order valence-corrected chi connectivity index (χ4v) is 3.56. The Hall–Kier alpha value is -2.41. The van der Waals surface area contributed by atoms with Gasteiger partial charge in [-0.25, -0.2) is 4.98 Å². The molecule has 0 N–H and O–H groups in total. The van der Waals surface area contributed by atoms with E-state index in [9.17, 15) is 18.0 Å². The minimum Gasteiger partial charge on any atom is -0.292 e. The summed E-state index contributed by atoms with van der Waals surface area (Å²) in [6, 6.07) is 6.94. The maximum Gasteiger partial charge on any atom is 0.416 e. The minimum atomic E-state index is -4.46. The maximum atomic E-state index is 12.9. The van der Waals surface area contributed by atoms with Crippen LogP contribution in [0.2, 0.25) is 0 Å². The number of hydrogen-bond acceptors (Lipinski definition) is 3. The zero-order valence-corrected chi connectivity index (χ0v) is 13.1. The highest BCUT2D eigenvalue weighted by Crippen LogP contribution is 2.32. The van der Waals surface area contributed by atoms with Crippen molar-refractivity contribution in [1.82, 2.24) is 9.55 Å². The lowest BCUT2D eigenvalue weighted by atomic mass is 10.1. The molecule has 1 aliphatic heterocycles. The summed E-state index contributed by atoms with van der Waals surface area (Å²) < 4.78 is 40.2. The topological polar surface area (TPSA) is 34.9 Å². The molecule has 1 aliphatic rings. The molecule has 3 aromatic rings. The Morgan fingerprint density at radius 1 is 1.25 bits per heavy atom. The summed E-state index contributed by atoms with van der Waals surface area (Å²) in [4.78, 5) is 17.9. The van der Waals surface area contributed by atoms with E-state index in [4.69, 9.17) is 0 Å². The van der Waals surface area contributed by atoms with Crippen LogP contribution in [-0.4, -0.2) is 9.55 Å². The van der Waals surface area contributed by atoms with Gasteiger partial charge in [0.1, 0.15) is 5.82 Å². The summed E-state index contributed by atoms with van der Waals surface area (Å²) in [5.74, 6) is 0.459. The molecule has 0 saturated heterocycles. The molecule has 0 aliphatic carbocycles.